The average Bonchev–Trinajstić information content (AvgIpc) is 3.47. The molecule has 3 N–H and O–H groups in total. The first-order valence-electron chi connectivity index (χ1n) is 19.8. The van der Waals surface area contributed by atoms with E-state index in [4.69, 9.17) is 21.6 Å². The number of imide groups is 2. The third kappa shape index (κ3) is 8.29. The van der Waals surface area contributed by atoms with Crippen LogP contribution in [-0.4, -0.2) is 101 Å². The number of carbonyl (C=O) groups excluding carboxylic acids is 5. The Morgan fingerprint density at radius 3 is 2.14 bits per heavy atom. The molecule has 5 amide bonds. The molecular formula is C41H44ClN9O6. The topological polar surface area (TPSA) is 190 Å². The lowest BCUT2D eigenvalue weighted by Crippen LogP contribution is -2.54. The molecule has 1 aromatic heterocycles. The zero-order valence-corrected chi connectivity index (χ0v) is 32.2. The second-order valence-corrected chi connectivity index (χ2v) is 15.9. The van der Waals surface area contributed by atoms with Crippen molar-refractivity contribution < 1.29 is 28.7 Å². The van der Waals surface area contributed by atoms with Crippen molar-refractivity contribution >= 4 is 52.6 Å². The highest BCUT2D eigenvalue weighted by Crippen LogP contribution is 2.32. The van der Waals surface area contributed by atoms with Gasteiger partial charge in [-0.2, -0.15) is 5.26 Å². The summed E-state index contributed by atoms with van der Waals surface area (Å²) in [5, 5.41) is 27.3. The van der Waals surface area contributed by atoms with E-state index >= 15 is 0 Å². The zero-order chi connectivity index (χ0) is 39.6. The lowest BCUT2D eigenvalue weighted by molar-refractivity contribution is -0.136. The third-order valence-corrected chi connectivity index (χ3v) is 12.1. The number of piperidine rings is 3. The molecule has 1 aliphatic carbocycles. The van der Waals surface area contributed by atoms with E-state index in [9.17, 15) is 24.0 Å². The van der Waals surface area contributed by atoms with Crippen molar-refractivity contribution in [2.75, 3.05) is 36.0 Å². The van der Waals surface area contributed by atoms with Crippen LogP contribution < -0.4 is 30.5 Å². The van der Waals surface area contributed by atoms with E-state index in [0.29, 0.717) is 39.7 Å². The van der Waals surface area contributed by atoms with Crippen molar-refractivity contribution in [3.05, 3.63) is 75.9 Å². The maximum atomic E-state index is 13.3. The molecule has 16 heteroatoms. The third-order valence-electron chi connectivity index (χ3n) is 11.8. The Kier molecular flexibility index (Phi) is 11.1. The predicted octanol–water partition coefficient (Wildman–Crippen LogP) is 3.75. The molecule has 2 aromatic carbocycles. The van der Waals surface area contributed by atoms with Gasteiger partial charge in [-0.3, -0.25) is 34.2 Å². The van der Waals surface area contributed by atoms with Crippen molar-refractivity contribution in [2.45, 2.75) is 94.5 Å². The number of aromatic nitrogens is 2. The van der Waals surface area contributed by atoms with Crippen molar-refractivity contribution in [3.63, 3.8) is 0 Å². The van der Waals surface area contributed by atoms with Crippen LogP contribution in [0, 0.1) is 11.3 Å². The van der Waals surface area contributed by atoms with Gasteiger partial charge in [-0.05, 0) is 100 Å². The van der Waals surface area contributed by atoms with Gasteiger partial charge in [0.05, 0.1) is 27.8 Å². The highest BCUT2D eigenvalue weighted by molar-refractivity contribution is 6.31. The zero-order valence-electron chi connectivity index (χ0n) is 31.4. The van der Waals surface area contributed by atoms with Gasteiger partial charge in [0.2, 0.25) is 11.8 Å². The number of hydrogen-bond donors (Lipinski definition) is 3. The fourth-order valence-electron chi connectivity index (χ4n) is 8.62. The summed E-state index contributed by atoms with van der Waals surface area (Å²) in [4.78, 5) is 68.9. The van der Waals surface area contributed by atoms with Crippen molar-refractivity contribution in [1.82, 2.24) is 31.0 Å². The number of nitrogens with one attached hydrogen (secondary N) is 3. The van der Waals surface area contributed by atoms with E-state index in [1.165, 1.54) is 0 Å². The molecule has 1 atom stereocenters. The molecular weight excluding hydrogens is 750 g/mol. The standard InChI is InChI=1S/C41H44ClN9O6/c42-33-22-30(5-1-24(33)23-43)57-29-6-2-25(3-7-29)45-38(53)34-9-11-36(48-47-34)50-19-15-27(16-20-50)44-26-13-17-49(18-14-26)28-4-8-31-32(21-28)41(56)51(40(31)55)35-10-12-37(52)46-39(35)54/h1,4-5,8-9,11,21-22,25-27,29,35,44H,2-3,6-7,10,12-20H2,(H,45,53)(H,46,52,54). The average molecular weight is 794 g/mol. The van der Waals surface area contributed by atoms with Gasteiger partial charge >= 0.3 is 0 Å². The van der Waals surface area contributed by atoms with Gasteiger partial charge in [-0.1, -0.05) is 11.6 Å². The Morgan fingerprint density at radius 2 is 1.49 bits per heavy atom. The van der Waals surface area contributed by atoms with Crippen LogP contribution in [0.1, 0.15) is 101 Å². The minimum atomic E-state index is -0.979. The van der Waals surface area contributed by atoms with E-state index in [2.05, 4.69) is 35.9 Å². The van der Waals surface area contributed by atoms with E-state index in [-0.39, 0.29) is 36.5 Å². The van der Waals surface area contributed by atoms with E-state index in [1.807, 2.05) is 18.2 Å². The lowest BCUT2D eigenvalue weighted by Gasteiger charge is -2.38. The van der Waals surface area contributed by atoms with Gasteiger partial charge in [-0.25, -0.2) is 0 Å². The smallest absolute Gasteiger partial charge is 0.272 e. The van der Waals surface area contributed by atoms with Crippen LogP contribution in [0.25, 0.3) is 0 Å². The summed E-state index contributed by atoms with van der Waals surface area (Å²) in [6.45, 7) is 3.26. The van der Waals surface area contributed by atoms with Crippen molar-refractivity contribution in [1.29, 1.82) is 5.26 Å². The number of anilines is 2. The number of rotatable bonds is 9. The first kappa shape index (κ1) is 38.3. The number of nitrogens with zero attached hydrogens (tertiary/aromatic N) is 6. The van der Waals surface area contributed by atoms with Crippen LogP contribution in [0.3, 0.4) is 0 Å². The lowest BCUT2D eigenvalue weighted by atomic mass is 9.93. The Morgan fingerprint density at radius 1 is 0.789 bits per heavy atom. The SMILES string of the molecule is N#Cc1ccc(OC2CCC(NC(=O)c3ccc(N4CCC(NC5CCN(c6ccc7c(c6)C(=O)N(C6CCC(=O)NC6=O)C7=O)CC5)CC4)nn3)CC2)cc1Cl. The van der Waals surface area contributed by atoms with Crippen LogP contribution in [0.5, 0.6) is 5.75 Å². The maximum Gasteiger partial charge on any atom is 0.272 e. The van der Waals surface area contributed by atoms with Crippen molar-refractivity contribution in [2.24, 2.45) is 0 Å². The molecule has 5 aliphatic rings. The number of amides is 5. The van der Waals surface area contributed by atoms with Gasteiger partial charge in [-0.15, -0.1) is 10.2 Å². The Hall–Kier alpha value is -5.59. The molecule has 57 heavy (non-hydrogen) atoms. The summed E-state index contributed by atoms with van der Waals surface area (Å²) in [6, 6.07) is 15.8. The fourth-order valence-corrected chi connectivity index (χ4v) is 8.83. The first-order chi connectivity index (χ1) is 27.6. The van der Waals surface area contributed by atoms with Gasteiger partial charge in [0, 0.05) is 62.5 Å². The van der Waals surface area contributed by atoms with Gasteiger partial charge in [0.1, 0.15) is 17.9 Å². The number of hydrogen-bond acceptors (Lipinski definition) is 12. The van der Waals surface area contributed by atoms with Crippen LogP contribution in [0.4, 0.5) is 11.5 Å². The van der Waals surface area contributed by atoms with Crippen LogP contribution >= 0.6 is 11.6 Å². The molecule has 5 heterocycles. The highest BCUT2D eigenvalue weighted by atomic mass is 35.5. The summed E-state index contributed by atoms with van der Waals surface area (Å²) in [5.74, 6) is -0.839. The molecule has 0 radical (unpaired) electrons. The number of benzene rings is 2. The molecule has 4 aliphatic heterocycles. The maximum absolute atomic E-state index is 13.3. The highest BCUT2D eigenvalue weighted by Gasteiger charge is 2.45. The van der Waals surface area contributed by atoms with Gasteiger partial charge < -0.3 is 25.2 Å². The first-order valence-corrected chi connectivity index (χ1v) is 20.1. The van der Waals surface area contributed by atoms with Crippen LogP contribution in [0.15, 0.2) is 48.5 Å². The summed E-state index contributed by atoms with van der Waals surface area (Å²) < 4.78 is 6.07. The number of nitriles is 1. The molecule has 296 valence electrons. The normalized spacial score (nSPS) is 23.2. The second-order valence-electron chi connectivity index (χ2n) is 15.5. The molecule has 8 rings (SSSR count). The monoisotopic (exact) mass is 793 g/mol. The largest absolute Gasteiger partial charge is 0.490 e. The molecule has 0 spiro atoms. The van der Waals surface area contributed by atoms with Crippen LogP contribution in [0.2, 0.25) is 5.02 Å². The number of carbonyl (C=O) groups is 5. The minimum absolute atomic E-state index is 0.0165. The molecule has 3 saturated heterocycles. The predicted molar refractivity (Wildman–Crippen MR) is 209 cm³/mol. The number of ether oxygens (including phenoxy) is 1. The minimum Gasteiger partial charge on any atom is -0.490 e. The summed E-state index contributed by atoms with van der Waals surface area (Å²) in [6.07, 6.45) is 7.15. The van der Waals surface area contributed by atoms with E-state index < -0.39 is 29.7 Å². The second kappa shape index (κ2) is 16.5. The van der Waals surface area contributed by atoms with Crippen LogP contribution in [-0.2, 0) is 9.59 Å². The van der Waals surface area contributed by atoms with Gasteiger partial charge in [0.15, 0.2) is 11.5 Å². The Labute approximate surface area is 335 Å². The number of halogens is 1. The molecule has 3 aromatic rings. The molecule has 1 unspecified atom stereocenters. The summed E-state index contributed by atoms with van der Waals surface area (Å²) >= 11 is 6.14. The number of fused-ring (bicyclic) bond motifs is 1. The summed E-state index contributed by atoms with van der Waals surface area (Å²) in [5.41, 5.74) is 2.16. The van der Waals surface area contributed by atoms with Crippen molar-refractivity contribution in [3.8, 4) is 11.8 Å². The van der Waals surface area contributed by atoms with Gasteiger partial charge in [0.25, 0.3) is 17.7 Å². The molecule has 0 bridgehead atoms. The fraction of sp³-hybridized carbons (Fsp3) is 0.463. The molecule has 1 saturated carbocycles. The van der Waals surface area contributed by atoms with E-state index in [0.717, 1.165) is 94.0 Å². The summed E-state index contributed by atoms with van der Waals surface area (Å²) in [7, 11) is 0. The molecule has 4 fully saturated rings. The molecule has 15 nitrogen and oxygen atoms in total. The quantitative estimate of drug-likeness (QED) is 0.267. The Balaban J connectivity index is 0.753. The Bertz CT molecular complexity index is 2100. The van der Waals surface area contributed by atoms with E-state index in [1.54, 1.807) is 36.4 Å².